The second-order valence-corrected chi connectivity index (χ2v) is 7.70. The van der Waals surface area contributed by atoms with Crippen LogP contribution >= 0.6 is 11.8 Å². The van der Waals surface area contributed by atoms with Crippen molar-refractivity contribution in [3.63, 3.8) is 0 Å². The van der Waals surface area contributed by atoms with E-state index >= 15 is 0 Å². The van der Waals surface area contributed by atoms with Crippen molar-refractivity contribution >= 4 is 35.2 Å². The molecule has 148 valence electrons. The number of nitrogens with two attached hydrogens (primary N) is 1. The zero-order valence-corrected chi connectivity index (χ0v) is 16.2. The number of hydrogen-bond donors (Lipinski definition) is 2. The van der Waals surface area contributed by atoms with Crippen molar-refractivity contribution < 1.29 is 14.3 Å². The molecule has 28 heavy (non-hydrogen) atoms. The second-order valence-electron chi connectivity index (χ2n) is 6.76. The summed E-state index contributed by atoms with van der Waals surface area (Å²) in [5, 5.41) is 12.3. The van der Waals surface area contributed by atoms with Crippen LogP contribution in [0.1, 0.15) is 29.2 Å². The molecule has 1 aliphatic heterocycles. The van der Waals surface area contributed by atoms with Crippen LogP contribution in [0.4, 0.5) is 11.6 Å². The number of carbonyl (C=O) groups excluding carboxylic acids is 2. The molecule has 9 nitrogen and oxygen atoms in total. The molecule has 0 unspecified atom stereocenters. The summed E-state index contributed by atoms with van der Waals surface area (Å²) >= 11 is 1.38. The van der Waals surface area contributed by atoms with E-state index < -0.39 is 5.91 Å². The number of hydrogen-bond acceptors (Lipinski definition) is 7. The molecule has 1 aliphatic carbocycles. The minimum absolute atomic E-state index is 0.143. The molecular formula is C18H22N6O3S. The van der Waals surface area contributed by atoms with Gasteiger partial charge < -0.3 is 20.7 Å². The third-order valence-corrected chi connectivity index (χ3v) is 5.58. The molecule has 1 saturated carbocycles. The summed E-state index contributed by atoms with van der Waals surface area (Å²) in [5.41, 5.74) is 6.24. The van der Waals surface area contributed by atoms with E-state index in [1.807, 2.05) is 0 Å². The standard InChI is InChI=1S/C18H22N6O3S/c19-16(26)12-1-3-13(4-2-12)20-15(25)11-28-18-22-21-17(24(18)14-5-6-14)23-7-9-27-10-8-23/h1-4,14H,5-11H2,(H2,19,26)(H,20,25). The highest BCUT2D eigenvalue weighted by Gasteiger charge is 2.32. The van der Waals surface area contributed by atoms with Gasteiger partial charge in [0.1, 0.15) is 0 Å². The Morgan fingerprint density at radius 1 is 1.18 bits per heavy atom. The average molecular weight is 402 g/mol. The van der Waals surface area contributed by atoms with Gasteiger partial charge in [-0.05, 0) is 37.1 Å². The molecular weight excluding hydrogens is 380 g/mol. The molecule has 2 amide bonds. The number of ether oxygens (including phenoxy) is 1. The Morgan fingerprint density at radius 3 is 2.54 bits per heavy atom. The first-order chi connectivity index (χ1) is 13.6. The van der Waals surface area contributed by atoms with E-state index in [1.165, 1.54) is 11.8 Å². The van der Waals surface area contributed by atoms with Crippen molar-refractivity contribution in [2.45, 2.75) is 24.0 Å². The molecule has 3 N–H and O–H groups in total. The minimum atomic E-state index is -0.496. The highest BCUT2D eigenvalue weighted by Crippen LogP contribution is 2.41. The van der Waals surface area contributed by atoms with Crippen LogP contribution in [0.15, 0.2) is 29.4 Å². The number of benzene rings is 1. The van der Waals surface area contributed by atoms with Gasteiger partial charge in [0.2, 0.25) is 17.8 Å². The van der Waals surface area contributed by atoms with E-state index in [0.717, 1.165) is 37.0 Å². The number of anilines is 2. The number of primary amides is 1. The van der Waals surface area contributed by atoms with Crippen molar-refractivity contribution in [1.29, 1.82) is 0 Å². The van der Waals surface area contributed by atoms with E-state index in [4.69, 9.17) is 10.5 Å². The van der Waals surface area contributed by atoms with Gasteiger partial charge >= 0.3 is 0 Å². The molecule has 4 rings (SSSR count). The van der Waals surface area contributed by atoms with Crippen LogP contribution in [0, 0.1) is 0 Å². The van der Waals surface area contributed by atoms with Crippen molar-refractivity contribution in [2.24, 2.45) is 5.73 Å². The van der Waals surface area contributed by atoms with Gasteiger partial charge in [-0.1, -0.05) is 11.8 Å². The SMILES string of the molecule is NC(=O)c1ccc(NC(=O)CSc2nnc(N3CCOCC3)n2C2CC2)cc1. The summed E-state index contributed by atoms with van der Waals surface area (Å²) in [7, 11) is 0. The van der Waals surface area contributed by atoms with Gasteiger partial charge in [0.25, 0.3) is 0 Å². The molecule has 2 heterocycles. The van der Waals surface area contributed by atoms with Gasteiger partial charge in [0.15, 0.2) is 5.16 Å². The fraction of sp³-hybridized carbons (Fsp3) is 0.444. The lowest BCUT2D eigenvalue weighted by Gasteiger charge is -2.27. The van der Waals surface area contributed by atoms with E-state index in [0.29, 0.717) is 30.5 Å². The fourth-order valence-electron chi connectivity index (χ4n) is 3.04. The van der Waals surface area contributed by atoms with Gasteiger partial charge in [-0.25, -0.2) is 0 Å². The van der Waals surface area contributed by atoms with Gasteiger partial charge in [-0.3, -0.25) is 14.2 Å². The quantitative estimate of drug-likeness (QED) is 0.670. The maximum atomic E-state index is 12.3. The van der Waals surface area contributed by atoms with Gasteiger partial charge in [0, 0.05) is 30.4 Å². The fourth-order valence-corrected chi connectivity index (χ4v) is 3.84. The first-order valence-electron chi connectivity index (χ1n) is 9.22. The highest BCUT2D eigenvalue weighted by atomic mass is 32.2. The summed E-state index contributed by atoms with van der Waals surface area (Å²) in [6, 6.07) is 6.91. The minimum Gasteiger partial charge on any atom is -0.378 e. The van der Waals surface area contributed by atoms with Crippen LogP contribution in [0.25, 0.3) is 0 Å². The van der Waals surface area contributed by atoms with Crippen molar-refractivity contribution in [3.05, 3.63) is 29.8 Å². The van der Waals surface area contributed by atoms with Crippen molar-refractivity contribution in [2.75, 3.05) is 42.3 Å². The molecule has 1 aromatic carbocycles. The number of nitrogens with zero attached hydrogens (tertiary/aromatic N) is 4. The largest absolute Gasteiger partial charge is 0.378 e. The third kappa shape index (κ3) is 4.28. The molecule has 0 bridgehead atoms. The van der Waals surface area contributed by atoms with Crippen molar-refractivity contribution in [1.82, 2.24) is 14.8 Å². The lowest BCUT2D eigenvalue weighted by atomic mass is 10.2. The molecule has 2 aliphatic rings. The van der Waals surface area contributed by atoms with Crippen LogP contribution in [0.5, 0.6) is 0 Å². The smallest absolute Gasteiger partial charge is 0.248 e. The molecule has 0 radical (unpaired) electrons. The lowest BCUT2D eigenvalue weighted by Crippen LogP contribution is -2.38. The first kappa shape index (κ1) is 18.8. The lowest BCUT2D eigenvalue weighted by molar-refractivity contribution is -0.113. The Hall–Kier alpha value is -2.59. The molecule has 1 aromatic heterocycles. The van der Waals surface area contributed by atoms with Crippen molar-refractivity contribution in [3.8, 4) is 0 Å². The predicted molar refractivity (Wildman–Crippen MR) is 106 cm³/mol. The average Bonchev–Trinajstić information content (AvgIpc) is 3.46. The van der Waals surface area contributed by atoms with Crippen LogP contribution in [-0.4, -0.2) is 58.6 Å². The van der Waals surface area contributed by atoms with E-state index in [1.54, 1.807) is 24.3 Å². The summed E-state index contributed by atoms with van der Waals surface area (Å²) in [6.07, 6.45) is 2.22. The van der Waals surface area contributed by atoms with Gasteiger partial charge in [0.05, 0.1) is 19.0 Å². The maximum absolute atomic E-state index is 12.3. The number of rotatable bonds is 7. The van der Waals surface area contributed by atoms with E-state index in [-0.39, 0.29) is 11.7 Å². The number of thioether (sulfide) groups is 1. The molecule has 1 saturated heterocycles. The summed E-state index contributed by atoms with van der Waals surface area (Å²) < 4.78 is 7.57. The number of amides is 2. The second kappa shape index (κ2) is 8.19. The highest BCUT2D eigenvalue weighted by molar-refractivity contribution is 7.99. The third-order valence-electron chi connectivity index (χ3n) is 4.64. The molecule has 0 atom stereocenters. The zero-order chi connectivity index (χ0) is 19.5. The van der Waals surface area contributed by atoms with E-state index in [2.05, 4.69) is 25.0 Å². The zero-order valence-electron chi connectivity index (χ0n) is 15.3. The Balaban J connectivity index is 1.38. The van der Waals surface area contributed by atoms with Crippen LogP contribution < -0.4 is 16.0 Å². The summed E-state index contributed by atoms with van der Waals surface area (Å²) in [5.74, 6) is 0.459. The molecule has 10 heteroatoms. The Bertz CT molecular complexity index is 859. The maximum Gasteiger partial charge on any atom is 0.248 e. The normalized spacial score (nSPS) is 16.8. The number of nitrogens with one attached hydrogen (secondary N) is 1. The monoisotopic (exact) mass is 402 g/mol. The summed E-state index contributed by atoms with van der Waals surface area (Å²) in [4.78, 5) is 25.6. The van der Waals surface area contributed by atoms with Crippen LogP contribution in [0.3, 0.4) is 0 Å². The number of aromatic nitrogens is 3. The summed E-state index contributed by atoms with van der Waals surface area (Å²) in [6.45, 7) is 2.99. The van der Waals surface area contributed by atoms with Gasteiger partial charge in [-0.15, -0.1) is 10.2 Å². The van der Waals surface area contributed by atoms with Crippen LogP contribution in [0.2, 0.25) is 0 Å². The molecule has 0 spiro atoms. The van der Waals surface area contributed by atoms with E-state index in [9.17, 15) is 9.59 Å². The van der Waals surface area contributed by atoms with Crippen LogP contribution in [-0.2, 0) is 9.53 Å². The first-order valence-corrected chi connectivity index (χ1v) is 10.2. The number of carbonyl (C=O) groups is 2. The Labute approximate surface area is 166 Å². The Morgan fingerprint density at radius 2 is 1.89 bits per heavy atom. The predicted octanol–water partition coefficient (Wildman–Crippen LogP) is 1.28. The molecule has 2 fully saturated rings. The molecule has 2 aromatic rings. The Kier molecular flexibility index (Phi) is 5.49. The topological polar surface area (TPSA) is 115 Å². The number of morpholine rings is 1. The van der Waals surface area contributed by atoms with Gasteiger partial charge in [-0.2, -0.15) is 0 Å².